The van der Waals surface area contributed by atoms with Gasteiger partial charge in [-0.05, 0) is 76.1 Å². The number of ether oxygens (including phenoxy) is 1. The minimum atomic E-state index is -0.0952. The van der Waals surface area contributed by atoms with E-state index in [0.29, 0.717) is 11.7 Å². The summed E-state index contributed by atoms with van der Waals surface area (Å²) in [7, 11) is 0. The highest BCUT2D eigenvalue weighted by atomic mass is 127. The Balaban J connectivity index is 0.00000162. The lowest BCUT2D eigenvalue weighted by Gasteiger charge is -2.28. The van der Waals surface area contributed by atoms with Crippen molar-refractivity contribution < 1.29 is 9.84 Å². The lowest BCUT2D eigenvalue weighted by molar-refractivity contribution is 0.0581. The maximum Gasteiger partial charge on any atom is 0.133 e. The highest BCUT2D eigenvalue weighted by Crippen LogP contribution is 2.36. The number of phenolic OH excluding ortho intramolecular Hbond substituents is 1. The molecule has 1 aliphatic rings. The summed E-state index contributed by atoms with van der Waals surface area (Å²) in [5.74, 6) is 0.744. The topological polar surface area (TPSA) is 55.5 Å². The Labute approximate surface area is 141 Å². The van der Waals surface area contributed by atoms with Crippen molar-refractivity contribution >= 4 is 57.6 Å². The summed E-state index contributed by atoms with van der Waals surface area (Å²) in [5, 5.41) is 10.1. The van der Waals surface area contributed by atoms with Crippen LogP contribution in [0.2, 0.25) is 0 Å². The standard InChI is InChI=1S/C12H15I2NO2.ClH/c13-8-5-9(12(16)10(14)6-8)11(15)7-1-3-17-4-2-7;/h5-7,11,16H,1-4,15H2;1H/t11-;/m0./s1. The first-order valence-corrected chi connectivity index (χ1v) is 7.76. The molecular formula is C12H16ClI2NO2. The van der Waals surface area contributed by atoms with E-state index in [1.165, 1.54) is 0 Å². The summed E-state index contributed by atoms with van der Waals surface area (Å²) < 4.78 is 7.32. The first-order chi connectivity index (χ1) is 8.09. The third-order valence-corrected chi connectivity index (χ3v) is 4.64. The van der Waals surface area contributed by atoms with Gasteiger partial charge in [0.15, 0.2) is 0 Å². The summed E-state index contributed by atoms with van der Waals surface area (Å²) in [6, 6.07) is 3.84. The number of halogens is 3. The van der Waals surface area contributed by atoms with Gasteiger partial charge in [0, 0.05) is 28.4 Å². The summed E-state index contributed by atoms with van der Waals surface area (Å²) in [6.07, 6.45) is 1.95. The van der Waals surface area contributed by atoms with Gasteiger partial charge in [0.05, 0.1) is 3.57 Å². The molecule has 0 radical (unpaired) electrons. The molecule has 1 aromatic rings. The summed E-state index contributed by atoms with van der Waals surface area (Å²) in [5.41, 5.74) is 7.15. The summed E-state index contributed by atoms with van der Waals surface area (Å²) in [4.78, 5) is 0. The molecule has 0 aliphatic carbocycles. The van der Waals surface area contributed by atoms with Crippen LogP contribution in [0.4, 0.5) is 0 Å². The third kappa shape index (κ3) is 3.84. The molecule has 1 fully saturated rings. The van der Waals surface area contributed by atoms with E-state index in [0.717, 1.165) is 38.8 Å². The first-order valence-electron chi connectivity index (χ1n) is 5.61. The zero-order valence-corrected chi connectivity index (χ0v) is 14.9. The molecule has 0 unspecified atom stereocenters. The van der Waals surface area contributed by atoms with Crippen LogP contribution in [-0.2, 0) is 4.74 Å². The minimum absolute atomic E-state index is 0. The molecular weight excluding hydrogens is 479 g/mol. The van der Waals surface area contributed by atoms with E-state index in [1.807, 2.05) is 12.1 Å². The number of phenols is 1. The normalized spacial score (nSPS) is 18.2. The molecule has 1 heterocycles. The fourth-order valence-corrected chi connectivity index (χ4v) is 4.06. The Morgan fingerprint density at radius 2 is 1.89 bits per heavy atom. The van der Waals surface area contributed by atoms with Crippen molar-refractivity contribution in [3.05, 3.63) is 24.8 Å². The van der Waals surface area contributed by atoms with Crippen LogP contribution in [0.3, 0.4) is 0 Å². The molecule has 0 bridgehead atoms. The van der Waals surface area contributed by atoms with Crippen LogP contribution in [0.25, 0.3) is 0 Å². The minimum Gasteiger partial charge on any atom is -0.506 e. The predicted molar refractivity (Wildman–Crippen MR) is 91.3 cm³/mol. The predicted octanol–water partition coefficient (Wildman–Crippen LogP) is 3.45. The van der Waals surface area contributed by atoms with E-state index < -0.39 is 0 Å². The zero-order valence-electron chi connectivity index (χ0n) is 9.73. The van der Waals surface area contributed by atoms with Crippen LogP contribution in [0.5, 0.6) is 5.75 Å². The van der Waals surface area contributed by atoms with Gasteiger partial charge in [0.2, 0.25) is 0 Å². The molecule has 0 aromatic heterocycles. The third-order valence-electron chi connectivity index (χ3n) is 3.19. The van der Waals surface area contributed by atoms with E-state index >= 15 is 0 Å². The van der Waals surface area contributed by atoms with Crippen molar-refractivity contribution in [1.82, 2.24) is 0 Å². The molecule has 1 saturated heterocycles. The second-order valence-corrected chi connectivity index (χ2v) is 6.71. The zero-order chi connectivity index (χ0) is 12.4. The molecule has 3 N–H and O–H groups in total. The number of benzene rings is 1. The van der Waals surface area contributed by atoms with Gasteiger partial charge in [-0.15, -0.1) is 12.4 Å². The monoisotopic (exact) mass is 495 g/mol. The lowest BCUT2D eigenvalue weighted by Crippen LogP contribution is -2.27. The van der Waals surface area contributed by atoms with Gasteiger partial charge in [0.25, 0.3) is 0 Å². The number of hydrogen-bond acceptors (Lipinski definition) is 3. The number of hydrogen-bond donors (Lipinski definition) is 2. The first kappa shape index (κ1) is 16.7. The number of nitrogens with two attached hydrogens (primary N) is 1. The van der Waals surface area contributed by atoms with E-state index in [9.17, 15) is 5.11 Å². The van der Waals surface area contributed by atoms with Gasteiger partial charge in [0.1, 0.15) is 5.75 Å². The van der Waals surface area contributed by atoms with Gasteiger partial charge < -0.3 is 15.6 Å². The smallest absolute Gasteiger partial charge is 0.133 e. The fourth-order valence-electron chi connectivity index (χ4n) is 2.17. The van der Waals surface area contributed by atoms with Crippen LogP contribution in [0.15, 0.2) is 12.1 Å². The van der Waals surface area contributed by atoms with Crippen molar-refractivity contribution in [2.24, 2.45) is 11.7 Å². The molecule has 18 heavy (non-hydrogen) atoms. The van der Waals surface area contributed by atoms with E-state index in [2.05, 4.69) is 45.2 Å². The average Bonchev–Trinajstić information content (AvgIpc) is 2.34. The second-order valence-electron chi connectivity index (χ2n) is 4.30. The molecule has 0 amide bonds. The maximum absolute atomic E-state index is 10.1. The Kier molecular flexibility index (Phi) is 6.95. The highest BCUT2D eigenvalue weighted by molar-refractivity contribution is 14.1. The van der Waals surface area contributed by atoms with E-state index in [-0.39, 0.29) is 18.4 Å². The molecule has 1 aliphatic heterocycles. The fraction of sp³-hybridized carbons (Fsp3) is 0.500. The second kappa shape index (κ2) is 7.47. The largest absolute Gasteiger partial charge is 0.506 e. The molecule has 3 nitrogen and oxygen atoms in total. The number of rotatable bonds is 2. The van der Waals surface area contributed by atoms with Crippen molar-refractivity contribution in [1.29, 1.82) is 0 Å². The van der Waals surface area contributed by atoms with E-state index in [4.69, 9.17) is 10.5 Å². The maximum atomic E-state index is 10.1. The average molecular weight is 496 g/mol. The highest BCUT2D eigenvalue weighted by Gasteiger charge is 2.25. The molecule has 0 spiro atoms. The van der Waals surface area contributed by atoms with Crippen LogP contribution in [0, 0.1) is 13.1 Å². The van der Waals surface area contributed by atoms with Crippen LogP contribution in [0.1, 0.15) is 24.4 Å². The lowest BCUT2D eigenvalue weighted by atomic mass is 9.87. The van der Waals surface area contributed by atoms with Crippen LogP contribution in [-0.4, -0.2) is 18.3 Å². The van der Waals surface area contributed by atoms with E-state index in [1.54, 1.807) is 0 Å². The van der Waals surface area contributed by atoms with Crippen molar-refractivity contribution in [2.45, 2.75) is 18.9 Å². The molecule has 1 atom stereocenters. The SMILES string of the molecule is Cl.N[C@H](c1cc(I)cc(I)c1O)C1CCOCC1. The van der Waals surface area contributed by atoms with Crippen LogP contribution < -0.4 is 5.73 Å². The van der Waals surface area contributed by atoms with Gasteiger partial charge in [-0.2, -0.15) is 0 Å². The van der Waals surface area contributed by atoms with Gasteiger partial charge in [-0.3, -0.25) is 0 Å². The van der Waals surface area contributed by atoms with Crippen molar-refractivity contribution in [3.63, 3.8) is 0 Å². The Morgan fingerprint density at radius 3 is 2.50 bits per heavy atom. The molecule has 2 rings (SSSR count). The number of aromatic hydroxyl groups is 1. The van der Waals surface area contributed by atoms with Gasteiger partial charge in [-0.1, -0.05) is 0 Å². The Hall–Kier alpha value is 0.690. The summed E-state index contributed by atoms with van der Waals surface area (Å²) in [6.45, 7) is 1.56. The molecule has 1 aromatic carbocycles. The van der Waals surface area contributed by atoms with Gasteiger partial charge >= 0.3 is 0 Å². The van der Waals surface area contributed by atoms with Crippen LogP contribution >= 0.6 is 57.6 Å². The molecule has 6 heteroatoms. The summed E-state index contributed by atoms with van der Waals surface area (Å²) >= 11 is 4.40. The van der Waals surface area contributed by atoms with Crippen molar-refractivity contribution in [3.8, 4) is 5.75 Å². The Bertz CT molecular complexity index is 411. The van der Waals surface area contributed by atoms with Crippen molar-refractivity contribution in [2.75, 3.05) is 13.2 Å². The van der Waals surface area contributed by atoms with Gasteiger partial charge in [-0.25, -0.2) is 0 Å². The molecule has 102 valence electrons. The quantitative estimate of drug-likeness (QED) is 0.619. The Morgan fingerprint density at radius 1 is 1.28 bits per heavy atom. The molecule has 0 saturated carbocycles.